The molecule has 0 aliphatic carbocycles. The Kier molecular flexibility index (Phi) is 7.37. The van der Waals surface area contributed by atoms with Crippen LogP contribution in [-0.4, -0.2) is 36.8 Å². The summed E-state index contributed by atoms with van der Waals surface area (Å²) in [6.45, 7) is 1.21. The van der Waals surface area contributed by atoms with Gasteiger partial charge in [-0.15, -0.1) is 0 Å². The van der Waals surface area contributed by atoms with Crippen molar-refractivity contribution in [1.82, 2.24) is 10.2 Å². The van der Waals surface area contributed by atoms with Gasteiger partial charge in [0.2, 0.25) is 10.0 Å². The summed E-state index contributed by atoms with van der Waals surface area (Å²) in [4.78, 5) is 11.4. The van der Waals surface area contributed by atoms with Gasteiger partial charge in [0.05, 0.1) is 11.0 Å². The van der Waals surface area contributed by atoms with Gasteiger partial charge in [0.25, 0.3) is 5.91 Å². The standard InChI is InChI=1S/C20H19N3O5S/c1-14(24)19(20(25)22-26)23-29(27,28)18-12-8-16(9-13-18)5-3-2-4-15-6-10-17(21)11-7-15/h6-14,19,23-24,26H,21H2,1H3,(H,22,25)/t14-,19+/m1/s1. The molecule has 6 N–H and O–H groups in total. The largest absolute Gasteiger partial charge is 0.399 e. The minimum absolute atomic E-state index is 0.132. The summed E-state index contributed by atoms with van der Waals surface area (Å²) >= 11 is 0. The van der Waals surface area contributed by atoms with Crippen LogP contribution in [-0.2, 0) is 14.8 Å². The maximum absolute atomic E-state index is 12.4. The highest BCUT2D eigenvalue weighted by Crippen LogP contribution is 2.11. The molecule has 8 nitrogen and oxygen atoms in total. The molecule has 0 saturated carbocycles. The van der Waals surface area contributed by atoms with E-state index in [1.807, 2.05) is 4.72 Å². The van der Waals surface area contributed by atoms with Gasteiger partial charge in [-0.3, -0.25) is 10.0 Å². The summed E-state index contributed by atoms with van der Waals surface area (Å²) in [5.41, 5.74) is 8.85. The summed E-state index contributed by atoms with van der Waals surface area (Å²) < 4.78 is 26.8. The second-order valence-electron chi connectivity index (χ2n) is 5.96. The third-order valence-corrected chi connectivity index (χ3v) is 5.17. The van der Waals surface area contributed by atoms with Crippen LogP contribution in [0.2, 0.25) is 0 Å². The monoisotopic (exact) mass is 413 g/mol. The van der Waals surface area contributed by atoms with Crippen molar-refractivity contribution in [2.45, 2.75) is 24.0 Å². The van der Waals surface area contributed by atoms with Crippen LogP contribution in [0.1, 0.15) is 18.1 Å². The first kappa shape index (κ1) is 22.0. The predicted octanol–water partition coefficient (Wildman–Crippen LogP) is 0.205. The second-order valence-corrected chi connectivity index (χ2v) is 7.68. The van der Waals surface area contributed by atoms with Gasteiger partial charge in [-0.05, 0) is 67.3 Å². The van der Waals surface area contributed by atoms with Crippen molar-refractivity contribution in [3.63, 3.8) is 0 Å². The van der Waals surface area contributed by atoms with Crippen LogP contribution in [0.15, 0.2) is 53.4 Å². The Labute approximate surface area is 168 Å². The van der Waals surface area contributed by atoms with Crippen LogP contribution in [0.5, 0.6) is 0 Å². The Hall–Kier alpha value is -3.34. The number of nitrogen functional groups attached to an aromatic ring is 1. The molecule has 0 heterocycles. The Morgan fingerprint density at radius 1 is 1.00 bits per heavy atom. The number of benzene rings is 2. The number of rotatable bonds is 5. The number of sulfonamides is 1. The molecule has 150 valence electrons. The number of hydrogen-bond donors (Lipinski definition) is 5. The second kappa shape index (κ2) is 9.73. The molecule has 2 aromatic carbocycles. The van der Waals surface area contributed by atoms with Crippen molar-refractivity contribution in [2.24, 2.45) is 0 Å². The molecule has 0 bridgehead atoms. The first-order chi connectivity index (χ1) is 13.7. The van der Waals surface area contributed by atoms with E-state index in [0.717, 1.165) is 5.56 Å². The van der Waals surface area contributed by atoms with E-state index >= 15 is 0 Å². The number of nitrogens with one attached hydrogen (secondary N) is 2. The zero-order valence-corrected chi connectivity index (χ0v) is 16.2. The summed E-state index contributed by atoms with van der Waals surface area (Å²) in [5.74, 6) is 9.94. The zero-order valence-electron chi connectivity index (χ0n) is 15.4. The number of hydrogen-bond acceptors (Lipinski definition) is 6. The lowest BCUT2D eigenvalue weighted by molar-refractivity contribution is -0.133. The zero-order chi connectivity index (χ0) is 21.4. The fraction of sp³-hybridized carbons (Fsp3) is 0.150. The molecule has 1 amide bonds. The van der Waals surface area contributed by atoms with E-state index in [9.17, 15) is 18.3 Å². The van der Waals surface area contributed by atoms with Crippen molar-refractivity contribution < 1.29 is 23.5 Å². The van der Waals surface area contributed by atoms with Gasteiger partial charge in [-0.25, -0.2) is 13.9 Å². The third kappa shape index (κ3) is 6.35. The third-order valence-electron chi connectivity index (χ3n) is 3.71. The normalized spacial score (nSPS) is 12.5. The van der Waals surface area contributed by atoms with Gasteiger partial charge in [0.15, 0.2) is 0 Å². The Morgan fingerprint density at radius 2 is 1.48 bits per heavy atom. The quantitative estimate of drug-likeness (QED) is 0.205. The van der Waals surface area contributed by atoms with E-state index in [2.05, 4.69) is 23.7 Å². The molecule has 0 aliphatic heterocycles. The molecule has 2 rings (SSSR count). The molecule has 9 heteroatoms. The van der Waals surface area contributed by atoms with Gasteiger partial charge in [0.1, 0.15) is 6.04 Å². The lowest BCUT2D eigenvalue weighted by Crippen LogP contribution is -2.51. The molecule has 0 aromatic heterocycles. The van der Waals surface area contributed by atoms with Crippen LogP contribution in [0.25, 0.3) is 0 Å². The average Bonchev–Trinajstić information content (AvgIpc) is 2.70. The molecule has 29 heavy (non-hydrogen) atoms. The summed E-state index contributed by atoms with van der Waals surface area (Å²) in [6.07, 6.45) is -1.36. The van der Waals surface area contributed by atoms with E-state index in [4.69, 9.17) is 10.9 Å². The van der Waals surface area contributed by atoms with Gasteiger partial charge in [-0.1, -0.05) is 11.8 Å². The highest BCUT2D eigenvalue weighted by molar-refractivity contribution is 7.89. The van der Waals surface area contributed by atoms with Crippen molar-refractivity contribution in [1.29, 1.82) is 0 Å². The summed E-state index contributed by atoms with van der Waals surface area (Å²) in [7, 11) is -4.11. The van der Waals surface area contributed by atoms with E-state index in [1.165, 1.54) is 36.7 Å². The van der Waals surface area contributed by atoms with Crippen molar-refractivity contribution >= 4 is 21.6 Å². The minimum Gasteiger partial charge on any atom is -0.399 e. The molecular weight excluding hydrogens is 394 g/mol. The number of nitrogens with two attached hydrogens (primary N) is 1. The van der Waals surface area contributed by atoms with Crippen LogP contribution >= 0.6 is 0 Å². The fourth-order valence-corrected chi connectivity index (χ4v) is 3.44. The van der Waals surface area contributed by atoms with Crippen LogP contribution in [0, 0.1) is 23.7 Å². The van der Waals surface area contributed by atoms with E-state index in [-0.39, 0.29) is 4.90 Å². The molecule has 2 atom stereocenters. The lowest BCUT2D eigenvalue weighted by atomic mass is 10.2. The SMILES string of the molecule is C[C@@H](O)[C@H](NS(=O)(=O)c1ccc(C#CC#Cc2ccc(N)cc2)cc1)C(=O)NO. The van der Waals surface area contributed by atoms with Gasteiger partial charge < -0.3 is 10.8 Å². The highest BCUT2D eigenvalue weighted by atomic mass is 32.2. The summed E-state index contributed by atoms with van der Waals surface area (Å²) in [5, 5.41) is 18.2. The smallest absolute Gasteiger partial charge is 0.264 e. The summed E-state index contributed by atoms with van der Waals surface area (Å²) in [6, 6.07) is 11.0. The molecule has 2 aromatic rings. The molecule has 0 spiro atoms. The van der Waals surface area contributed by atoms with Gasteiger partial charge in [-0.2, -0.15) is 4.72 Å². The number of aliphatic hydroxyl groups excluding tert-OH is 1. The van der Waals surface area contributed by atoms with Crippen molar-refractivity contribution in [3.8, 4) is 23.7 Å². The molecule has 0 unspecified atom stereocenters. The Bertz CT molecular complexity index is 1090. The number of carbonyl (C=O) groups excluding carboxylic acids is 1. The Morgan fingerprint density at radius 3 is 1.93 bits per heavy atom. The predicted molar refractivity (Wildman–Crippen MR) is 107 cm³/mol. The molecule has 0 saturated heterocycles. The highest BCUT2D eigenvalue weighted by Gasteiger charge is 2.29. The molecule has 0 radical (unpaired) electrons. The number of amides is 1. The number of anilines is 1. The number of aliphatic hydroxyl groups is 1. The van der Waals surface area contributed by atoms with Crippen molar-refractivity contribution in [3.05, 3.63) is 59.7 Å². The van der Waals surface area contributed by atoms with E-state index in [1.54, 1.807) is 24.3 Å². The maximum atomic E-state index is 12.4. The molecule has 0 fully saturated rings. The topological polar surface area (TPSA) is 142 Å². The molecular formula is C20H19N3O5S. The average molecular weight is 413 g/mol. The van der Waals surface area contributed by atoms with Crippen LogP contribution in [0.4, 0.5) is 5.69 Å². The van der Waals surface area contributed by atoms with Gasteiger partial charge >= 0.3 is 0 Å². The first-order valence-electron chi connectivity index (χ1n) is 8.35. The van der Waals surface area contributed by atoms with Gasteiger partial charge in [0, 0.05) is 16.8 Å². The van der Waals surface area contributed by atoms with Crippen LogP contribution in [0.3, 0.4) is 0 Å². The van der Waals surface area contributed by atoms with Crippen LogP contribution < -0.4 is 15.9 Å². The first-order valence-corrected chi connectivity index (χ1v) is 9.83. The number of hydroxylamine groups is 1. The fourth-order valence-electron chi connectivity index (χ4n) is 2.17. The lowest BCUT2D eigenvalue weighted by Gasteiger charge is -2.19. The Balaban J connectivity index is 2.12. The van der Waals surface area contributed by atoms with E-state index < -0.39 is 28.1 Å². The number of carbonyl (C=O) groups is 1. The minimum atomic E-state index is -4.11. The maximum Gasteiger partial charge on any atom is 0.264 e. The molecule has 0 aliphatic rings. The van der Waals surface area contributed by atoms with E-state index in [0.29, 0.717) is 11.3 Å². The van der Waals surface area contributed by atoms with Crippen molar-refractivity contribution in [2.75, 3.05) is 5.73 Å².